The van der Waals surface area contributed by atoms with Gasteiger partial charge in [0.05, 0.1) is 30.8 Å². The Morgan fingerprint density at radius 2 is 2.00 bits per heavy atom. The molecule has 1 fully saturated rings. The van der Waals surface area contributed by atoms with Crippen molar-refractivity contribution in [2.45, 2.75) is 58.8 Å². The summed E-state index contributed by atoms with van der Waals surface area (Å²) in [6.07, 6.45) is 4.77. The number of hydrogen-bond donors (Lipinski definition) is 0. The zero-order valence-electron chi connectivity index (χ0n) is 18.7. The van der Waals surface area contributed by atoms with Gasteiger partial charge in [0.2, 0.25) is 0 Å². The second-order valence-corrected chi connectivity index (χ2v) is 9.31. The Labute approximate surface area is 185 Å². The fraction of sp³-hybridized carbons (Fsp3) is 0.625. The van der Waals surface area contributed by atoms with Gasteiger partial charge < -0.3 is 19.1 Å². The van der Waals surface area contributed by atoms with E-state index in [0.717, 1.165) is 35.6 Å². The monoisotopic (exact) mass is 433 g/mol. The smallest absolute Gasteiger partial charge is 0.315 e. The Morgan fingerprint density at radius 1 is 1.23 bits per heavy atom. The molecule has 1 heterocycles. The van der Waals surface area contributed by atoms with Gasteiger partial charge in [0, 0.05) is 12.6 Å². The molecule has 0 aromatic heterocycles. The van der Waals surface area contributed by atoms with E-state index in [4.69, 9.17) is 14.2 Å². The molecular weight excluding hydrogens is 398 g/mol. The standard InChI is InChI=1S/C24H35NO4S/c1-5-27-23(26)16-30-15-19-7-6-8-21(13-19)28-14-22-18(3)29-24(25(22)4)20-11-9-17(2)10-12-20/h9-12,19,21,24H,5-8,13-16H2,1-4H3. The summed E-state index contributed by atoms with van der Waals surface area (Å²) < 4.78 is 17.5. The molecule has 3 atom stereocenters. The molecular formula is C24H35NO4S. The van der Waals surface area contributed by atoms with Crippen molar-refractivity contribution < 1.29 is 19.0 Å². The maximum atomic E-state index is 11.5. The van der Waals surface area contributed by atoms with E-state index in [1.165, 1.54) is 18.4 Å². The SMILES string of the molecule is CCOC(=O)CSCC1CCCC(OCC2=C(C)OC(c3ccc(C)cc3)N2C)C1. The number of thioether (sulfide) groups is 1. The van der Waals surface area contributed by atoms with Gasteiger partial charge in [-0.05, 0) is 51.7 Å². The summed E-state index contributed by atoms with van der Waals surface area (Å²) >= 11 is 1.69. The molecule has 2 aliphatic rings. The van der Waals surface area contributed by atoms with Crippen LogP contribution in [0.4, 0.5) is 0 Å². The van der Waals surface area contributed by atoms with Gasteiger partial charge in [0.25, 0.3) is 0 Å². The van der Waals surface area contributed by atoms with Gasteiger partial charge in [-0.2, -0.15) is 0 Å². The highest BCUT2D eigenvalue weighted by Crippen LogP contribution is 2.36. The minimum Gasteiger partial charge on any atom is -0.469 e. The van der Waals surface area contributed by atoms with Crippen molar-refractivity contribution >= 4 is 17.7 Å². The number of likely N-dealkylation sites (N-methyl/N-ethyl adjacent to an activating group) is 1. The largest absolute Gasteiger partial charge is 0.469 e. The quantitative estimate of drug-likeness (QED) is 0.508. The number of carbonyl (C=O) groups excluding carboxylic acids is 1. The van der Waals surface area contributed by atoms with Crippen LogP contribution in [0.2, 0.25) is 0 Å². The second-order valence-electron chi connectivity index (χ2n) is 8.28. The normalized spacial score (nSPS) is 24.1. The Kier molecular flexibility index (Phi) is 8.51. The summed E-state index contributed by atoms with van der Waals surface area (Å²) in [6.45, 7) is 7.01. The van der Waals surface area contributed by atoms with Gasteiger partial charge in [-0.15, -0.1) is 11.8 Å². The molecule has 3 unspecified atom stereocenters. The first kappa shape index (κ1) is 23.0. The minimum atomic E-state index is -0.110. The lowest BCUT2D eigenvalue weighted by atomic mass is 9.88. The summed E-state index contributed by atoms with van der Waals surface area (Å²) in [5.74, 6) is 2.89. The van der Waals surface area contributed by atoms with E-state index in [9.17, 15) is 4.79 Å². The third-order valence-corrected chi connectivity index (χ3v) is 7.05. The van der Waals surface area contributed by atoms with Crippen molar-refractivity contribution in [2.24, 2.45) is 5.92 Å². The topological polar surface area (TPSA) is 48.0 Å². The zero-order chi connectivity index (χ0) is 21.5. The molecule has 1 aromatic carbocycles. The molecule has 1 aromatic rings. The molecule has 0 amide bonds. The lowest BCUT2D eigenvalue weighted by Crippen LogP contribution is -2.28. The third kappa shape index (κ3) is 6.17. The molecule has 5 nitrogen and oxygen atoms in total. The number of ether oxygens (including phenoxy) is 3. The second kappa shape index (κ2) is 11.1. The molecule has 3 rings (SSSR count). The first-order valence-electron chi connectivity index (χ1n) is 11.0. The van der Waals surface area contributed by atoms with Crippen LogP contribution in [0, 0.1) is 12.8 Å². The number of rotatable bonds is 9. The molecule has 1 saturated carbocycles. The predicted molar refractivity (Wildman–Crippen MR) is 121 cm³/mol. The Hall–Kier alpha value is -1.66. The van der Waals surface area contributed by atoms with E-state index < -0.39 is 0 Å². The van der Waals surface area contributed by atoms with Gasteiger partial charge in [-0.25, -0.2) is 0 Å². The van der Waals surface area contributed by atoms with Crippen molar-refractivity contribution in [3.05, 3.63) is 46.8 Å². The lowest BCUT2D eigenvalue weighted by molar-refractivity contribution is -0.139. The minimum absolute atomic E-state index is 0.0809. The Balaban J connectivity index is 1.45. The average Bonchev–Trinajstić information content (AvgIpc) is 3.01. The summed E-state index contributed by atoms with van der Waals surface area (Å²) in [5.41, 5.74) is 3.54. The Morgan fingerprint density at radius 3 is 2.73 bits per heavy atom. The lowest BCUT2D eigenvalue weighted by Gasteiger charge is -2.30. The first-order valence-corrected chi connectivity index (χ1v) is 12.1. The third-order valence-electron chi connectivity index (χ3n) is 5.90. The summed E-state index contributed by atoms with van der Waals surface area (Å²) in [4.78, 5) is 13.7. The molecule has 30 heavy (non-hydrogen) atoms. The number of hydrogen-bond acceptors (Lipinski definition) is 6. The highest BCUT2D eigenvalue weighted by molar-refractivity contribution is 7.99. The number of allylic oxidation sites excluding steroid dienone is 1. The van der Waals surface area contributed by atoms with Gasteiger partial charge in [-0.1, -0.05) is 36.2 Å². The molecule has 0 bridgehead atoms. The molecule has 1 aliphatic carbocycles. The van der Waals surface area contributed by atoms with Crippen LogP contribution in [0.3, 0.4) is 0 Å². The van der Waals surface area contributed by atoms with Crippen molar-refractivity contribution in [1.82, 2.24) is 4.90 Å². The van der Waals surface area contributed by atoms with E-state index >= 15 is 0 Å². The summed E-state index contributed by atoms with van der Waals surface area (Å²) in [6, 6.07) is 8.51. The van der Waals surface area contributed by atoms with Crippen molar-refractivity contribution in [1.29, 1.82) is 0 Å². The number of nitrogens with zero attached hydrogens (tertiary/aromatic N) is 1. The zero-order valence-corrected chi connectivity index (χ0v) is 19.5. The molecule has 0 saturated heterocycles. The summed E-state index contributed by atoms with van der Waals surface area (Å²) in [7, 11) is 2.08. The average molecular weight is 434 g/mol. The maximum absolute atomic E-state index is 11.5. The fourth-order valence-electron chi connectivity index (χ4n) is 4.18. The van der Waals surface area contributed by atoms with E-state index in [2.05, 4.69) is 43.1 Å². The van der Waals surface area contributed by atoms with Crippen LogP contribution in [-0.2, 0) is 19.0 Å². The van der Waals surface area contributed by atoms with Crippen molar-refractivity contribution in [3.8, 4) is 0 Å². The van der Waals surface area contributed by atoms with Crippen LogP contribution in [0.15, 0.2) is 35.7 Å². The van der Waals surface area contributed by atoms with Crippen LogP contribution in [0.25, 0.3) is 0 Å². The van der Waals surface area contributed by atoms with E-state index in [1.807, 2.05) is 13.8 Å². The predicted octanol–water partition coefficient (Wildman–Crippen LogP) is 5.06. The van der Waals surface area contributed by atoms with Crippen LogP contribution < -0.4 is 0 Å². The van der Waals surface area contributed by atoms with Gasteiger partial charge in [-0.3, -0.25) is 4.79 Å². The highest BCUT2D eigenvalue weighted by atomic mass is 32.2. The molecule has 0 spiro atoms. The Bertz CT molecular complexity index is 733. The molecule has 0 N–H and O–H groups in total. The number of benzene rings is 1. The molecule has 0 radical (unpaired) electrons. The first-order chi connectivity index (χ1) is 14.5. The number of carbonyl (C=O) groups is 1. The van der Waals surface area contributed by atoms with Crippen molar-refractivity contribution in [3.63, 3.8) is 0 Å². The molecule has 1 aliphatic heterocycles. The van der Waals surface area contributed by atoms with Crippen LogP contribution in [-0.4, -0.2) is 48.7 Å². The highest BCUT2D eigenvalue weighted by Gasteiger charge is 2.31. The van der Waals surface area contributed by atoms with E-state index in [1.54, 1.807) is 11.8 Å². The van der Waals surface area contributed by atoms with E-state index in [-0.39, 0.29) is 18.3 Å². The van der Waals surface area contributed by atoms with Gasteiger partial charge in [0.15, 0.2) is 6.23 Å². The number of aryl methyl sites for hydroxylation is 1. The van der Waals surface area contributed by atoms with Gasteiger partial charge in [0.1, 0.15) is 5.76 Å². The number of esters is 1. The molecule has 166 valence electrons. The van der Waals surface area contributed by atoms with Crippen molar-refractivity contribution in [2.75, 3.05) is 31.8 Å². The van der Waals surface area contributed by atoms with E-state index in [0.29, 0.717) is 24.9 Å². The van der Waals surface area contributed by atoms with Crippen LogP contribution in [0.1, 0.15) is 56.9 Å². The summed E-state index contributed by atoms with van der Waals surface area (Å²) in [5, 5.41) is 0. The maximum Gasteiger partial charge on any atom is 0.315 e. The van der Waals surface area contributed by atoms with Crippen LogP contribution >= 0.6 is 11.8 Å². The fourth-order valence-corrected chi connectivity index (χ4v) is 5.19. The molecule has 6 heteroatoms. The van der Waals surface area contributed by atoms with Crippen LogP contribution in [0.5, 0.6) is 0 Å². The van der Waals surface area contributed by atoms with Gasteiger partial charge >= 0.3 is 5.97 Å².